The van der Waals surface area contributed by atoms with Crippen LogP contribution in [0, 0.1) is 18.6 Å². The third-order valence-corrected chi connectivity index (χ3v) is 3.87. The van der Waals surface area contributed by atoms with Crippen LogP contribution in [0.2, 0.25) is 0 Å². The Balaban J connectivity index is 1.82. The van der Waals surface area contributed by atoms with Crippen LogP contribution in [-0.2, 0) is 0 Å². The Morgan fingerprint density at radius 2 is 1.91 bits per heavy atom. The average molecular weight is 331 g/mol. The molecule has 2 aromatic heterocycles. The molecule has 1 aromatic carbocycles. The predicted octanol–water partition coefficient (Wildman–Crippen LogP) is 4.04. The first kappa shape index (κ1) is 15.2. The Hall–Kier alpha value is -2.67. The molecule has 1 N–H and O–H groups in total. The molecule has 0 saturated carbocycles. The molecule has 7 heteroatoms. The molecule has 0 unspecified atom stereocenters. The van der Waals surface area contributed by atoms with Crippen LogP contribution in [0.4, 0.5) is 13.9 Å². The first-order valence-corrected chi connectivity index (χ1v) is 7.56. The Labute approximate surface area is 134 Å². The monoisotopic (exact) mass is 331 g/mol. The van der Waals surface area contributed by atoms with Gasteiger partial charge in [0.2, 0.25) is 0 Å². The van der Waals surface area contributed by atoms with E-state index in [0.29, 0.717) is 5.56 Å². The molecule has 2 heterocycles. The first-order valence-electron chi connectivity index (χ1n) is 6.68. The fourth-order valence-corrected chi connectivity index (χ4v) is 2.66. The molecule has 1 amide bonds. The number of rotatable bonds is 3. The fourth-order valence-electron chi connectivity index (χ4n) is 1.96. The molecule has 0 aliphatic rings. The number of benzene rings is 1. The molecule has 23 heavy (non-hydrogen) atoms. The van der Waals surface area contributed by atoms with Crippen LogP contribution >= 0.6 is 11.3 Å². The number of thiazole rings is 1. The summed E-state index contributed by atoms with van der Waals surface area (Å²) >= 11 is 1.09. The lowest BCUT2D eigenvalue weighted by atomic mass is 10.1. The maximum absolute atomic E-state index is 13.7. The third kappa shape index (κ3) is 3.24. The van der Waals surface area contributed by atoms with Crippen LogP contribution in [-0.4, -0.2) is 15.9 Å². The Bertz CT molecular complexity index is 842. The van der Waals surface area contributed by atoms with Gasteiger partial charge in [-0.3, -0.25) is 15.1 Å². The number of aryl methyl sites for hydroxylation is 1. The van der Waals surface area contributed by atoms with Crippen molar-refractivity contribution in [3.05, 3.63) is 64.8 Å². The number of halogens is 2. The van der Waals surface area contributed by atoms with Gasteiger partial charge in [-0.25, -0.2) is 13.8 Å². The van der Waals surface area contributed by atoms with Crippen LogP contribution in [0.3, 0.4) is 0 Å². The van der Waals surface area contributed by atoms with Crippen LogP contribution < -0.4 is 5.32 Å². The number of carbonyl (C=O) groups excluding carboxylic acids is 1. The minimum atomic E-state index is -0.698. The molecule has 4 nitrogen and oxygen atoms in total. The summed E-state index contributed by atoms with van der Waals surface area (Å²) in [4.78, 5) is 20.2. The maximum atomic E-state index is 13.7. The summed E-state index contributed by atoms with van der Waals surface area (Å²) in [6.45, 7) is 1.82. The normalized spacial score (nSPS) is 10.6. The number of amides is 1. The standard InChI is InChI=1S/C16H11F2N3OS/c1-9-5-6-10(7-19-9)15(22)21-16-20-13(8-23-16)14-11(17)3-2-4-12(14)18/h2-8H,1H3,(H,20,21,22). The number of nitrogens with zero attached hydrogens (tertiary/aromatic N) is 2. The highest BCUT2D eigenvalue weighted by Gasteiger charge is 2.15. The zero-order chi connectivity index (χ0) is 16.4. The number of aromatic nitrogens is 2. The zero-order valence-corrected chi connectivity index (χ0v) is 12.8. The number of hydrogen-bond donors (Lipinski definition) is 1. The molecule has 116 valence electrons. The first-order chi connectivity index (χ1) is 11.0. The molecule has 3 rings (SSSR count). The van der Waals surface area contributed by atoms with Gasteiger partial charge in [-0.15, -0.1) is 11.3 Å². The van der Waals surface area contributed by atoms with E-state index >= 15 is 0 Å². The molecule has 0 saturated heterocycles. The summed E-state index contributed by atoms with van der Waals surface area (Å²) < 4.78 is 27.5. The number of hydrogen-bond acceptors (Lipinski definition) is 4. The minimum absolute atomic E-state index is 0.142. The summed E-state index contributed by atoms with van der Waals surface area (Å²) in [5.74, 6) is -1.78. The van der Waals surface area contributed by atoms with Crippen molar-refractivity contribution in [1.29, 1.82) is 0 Å². The van der Waals surface area contributed by atoms with Gasteiger partial charge in [0.25, 0.3) is 5.91 Å². The smallest absolute Gasteiger partial charge is 0.259 e. The second-order valence-corrected chi connectivity index (χ2v) is 5.64. The predicted molar refractivity (Wildman–Crippen MR) is 84.4 cm³/mol. The van der Waals surface area contributed by atoms with Crippen molar-refractivity contribution in [3.63, 3.8) is 0 Å². The second-order valence-electron chi connectivity index (χ2n) is 4.78. The summed E-state index contributed by atoms with van der Waals surface area (Å²) in [7, 11) is 0. The van der Waals surface area contributed by atoms with Gasteiger partial charge in [-0.05, 0) is 31.2 Å². The Morgan fingerprint density at radius 3 is 2.57 bits per heavy atom. The van der Waals surface area contributed by atoms with Crippen LogP contribution in [0.1, 0.15) is 16.1 Å². The molecule has 0 fully saturated rings. The van der Waals surface area contributed by atoms with E-state index in [-0.39, 0.29) is 22.3 Å². The summed E-state index contributed by atoms with van der Waals surface area (Å²) in [5, 5.41) is 4.34. The van der Waals surface area contributed by atoms with Crippen LogP contribution in [0.25, 0.3) is 11.3 Å². The van der Waals surface area contributed by atoms with E-state index in [2.05, 4.69) is 15.3 Å². The number of pyridine rings is 1. The van der Waals surface area contributed by atoms with Gasteiger partial charge in [-0.2, -0.15) is 0 Å². The maximum Gasteiger partial charge on any atom is 0.259 e. The van der Waals surface area contributed by atoms with Gasteiger partial charge < -0.3 is 0 Å². The van der Waals surface area contributed by atoms with E-state index in [1.54, 1.807) is 12.1 Å². The highest BCUT2D eigenvalue weighted by atomic mass is 32.1. The zero-order valence-electron chi connectivity index (χ0n) is 12.0. The summed E-state index contributed by atoms with van der Waals surface area (Å²) in [6, 6.07) is 6.97. The molecule has 0 spiro atoms. The quantitative estimate of drug-likeness (QED) is 0.788. The largest absolute Gasteiger partial charge is 0.298 e. The van der Waals surface area contributed by atoms with Crippen molar-refractivity contribution in [2.75, 3.05) is 5.32 Å². The molecule has 0 aliphatic heterocycles. The van der Waals surface area contributed by atoms with Crippen molar-refractivity contribution >= 4 is 22.4 Å². The topological polar surface area (TPSA) is 54.9 Å². The Morgan fingerprint density at radius 1 is 1.17 bits per heavy atom. The lowest BCUT2D eigenvalue weighted by molar-refractivity contribution is 0.102. The molecule has 0 radical (unpaired) electrons. The minimum Gasteiger partial charge on any atom is -0.298 e. The molecular weight excluding hydrogens is 320 g/mol. The van der Waals surface area contributed by atoms with Crippen molar-refractivity contribution in [3.8, 4) is 11.3 Å². The van der Waals surface area contributed by atoms with E-state index in [1.807, 2.05) is 6.92 Å². The lowest BCUT2D eigenvalue weighted by Gasteiger charge is -2.02. The van der Waals surface area contributed by atoms with E-state index in [0.717, 1.165) is 29.2 Å². The Kier molecular flexibility index (Phi) is 4.12. The van der Waals surface area contributed by atoms with Crippen molar-refractivity contribution in [2.24, 2.45) is 0 Å². The summed E-state index contributed by atoms with van der Waals surface area (Å²) in [6.07, 6.45) is 1.45. The number of anilines is 1. The second kappa shape index (κ2) is 6.21. The molecular formula is C16H11F2N3OS. The van der Waals surface area contributed by atoms with Crippen LogP contribution in [0.15, 0.2) is 41.9 Å². The van der Waals surface area contributed by atoms with Gasteiger partial charge in [-0.1, -0.05) is 6.07 Å². The average Bonchev–Trinajstić information content (AvgIpc) is 2.96. The lowest BCUT2D eigenvalue weighted by Crippen LogP contribution is -2.12. The van der Waals surface area contributed by atoms with Crippen molar-refractivity contribution < 1.29 is 13.6 Å². The van der Waals surface area contributed by atoms with Crippen molar-refractivity contribution in [1.82, 2.24) is 9.97 Å². The van der Waals surface area contributed by atoms with Gasteiger partial charge in [0.15, 0.2) is 5.13 Å². The van der Waals surface area contributed by atoms with E-state index in [1.165, 1.54) is 17.6 Å². The molecule has 0 bridgehead atoms. The highest BCUT2D eigenvalue weighted by molar-refractivity contribution is 7.14. The van der Waals surface area contributed by atoms with E-state index in [4.69, 9.17) is 0 Å². The van der Waals surface area contributed by atoms with E-state index < -0.39 is 11.6 Å². The van der Waals surface area contributed by atoms with Gasteiger partial charge in [0.1, 0.15) is 11.6 Å². The molecule has 0 atom stereocenters. The third-order valence-electron chi connectivity index (χ3n) is 3.12. The fraction of sp³-hybridized carbons (Fsp3) is 0.0625. The molecule has 0 aliphatic carbocycles. The van der Waals surface area contributed by atoms with E-state index in [9.17, 15) is 13.6 Å². The number of nitrogens with one attached hydrogen (secondary N) is 1. The van der Waals surface area contributed by atoms with Crippen LogP contribution in [0.5, 0.6) is 0 Å². The van der Waals surface area contributed by atoms with Gasteiger partial charge in [0, 0.05) is 17.3 Å². The van der Waals surface area contributed by atoms with Crippen molar-refractivity contribution in [2.45, 2.75) is 6.92 Å². The molecule has 3 aromatic rings. The number of carbonyl (C=O) groups is 1. The highest BCUT2D eigenvalue weighted by Crippen LogP contribution is 2.29. The van der Waals surface area contributed by atoms with Gasteiger partial charge in [0.05, 0.1) is 16.8 Å². The van der Waals surface area contributed by atoms with Gasteiger partial charge >= 0.3 is 0 Å². The summed E-state index contributed by atoms with van der Waals surface area (Å²) in [5.41, 5.74) is 1.11. The SMILES string of the molecule is Cc1ccc(C(=O)Nc2nc(-c3c(F)cccc3F)cs2)cn1.